The zero-order valence-electron chi connectivity index (χ0n) is 4.52. The van der Waals surface area contributed by atoms with Gasteiger partial charge in [-0.2, -0.15) is 16.8 Å². The molecule has 0 spiro atoms. The summed E-state index contributed by atoms with van der Waals surface area (Å²) in [5, 5.41) is 0. The van der Waals surface area contributed by atoms with Crippen LogP contribution < -0.4 is 4.13 Å². The second kappa shape index (κ2) is 3.36. The van der Waals surface area contributed by atoms with E-state index in [0.717, 1.165) is 0 Å². The van der Waals surface area contributed by atoms with E-state index in [9.17, 15) is 25.9 Å². The molecule has 0 amide bonds. The monoisotopic (exact) mass is 213 g/mol. The average molecular weight is 213 g/mol. The Kier molecular flexibility index (Phi) is 3.25. The Balaban J connectivity index is 4.54. The predicted octanol–water partition coefficient (Wildman–Crippen LogP) is -1.13. The van der Waals surface area contributed by atoms with Gasteiger partial charge in [-0.25, -0.2) is 0 Å². The van der Waals surface area contributed by atoms with Gasteiger partial charge < -0.3 is 0 Å². The number of nitrogens with one attached hydrogen (secondary N) is 1. The highest BCUT2D eigenvalue weighted by molar-refractivity contribution is 8.00. The highest BCUT2D eigenvalue weighted by Gasteiger charge is 2.23. The van der Waals surface area contributed by atoms with Gasteiger partial charge in [-0.1, -0.05) is 4.13 Å². The van der Waals surface area contributed by atoms with Gasteiger partial charge in [0.15, 0.2) is 0 Å². The fourth-order valence-corrected chi connectivity index (χ4v) is 1.36. The normalized spacial score (nSPS) is 13.3. The van der Waals surface area contributed by atoms with Crippen molar-refractivity contribution in [2.24, 2.45) is 0 Å². The van der Waals surface area contributed by atoms with Gasteiger partial charge in [0.2, 0.25) is 0 Å². The first-order valence-corrected chi connectivity index (χ1v) is 4.53. The van der Waals surface area contributed by atoms with E-state index in [-0.39, 0.29) is 0 Å². The summed E-state index contributed by atoms with van der Waals surface area (Å²) in [5.41, 5.74) is 0. The topological polar surface area (TPSA) is 98.8 Å². The first-order chi connectivity index (χ1) is 4.83. The van der Waals surface area contributed by atoms with E-state index >= 15 is 0 Å². The Morgan fingerprint density at radius 3 is 1.36 bits per heavy atom. The zero-order valence-corrected chi connectivity index (χ0v) is 6.15. The third-order valence-corrected chi connectivity index (χ3v) is 2.33. The predicted molar refractivity (Wildman–Crippen MR) is 25.4 cm³/mol. The van der Waals surface area contributed by atoms with Gasteiger partial charge >= 0.3 is 20.6 Å². The van der Waals surface area contributed by atoms with Crippen LogP contribution in [0.5, 0.6) is 0 Å². The van der Waals surface area contributed by atoms with E-state index in [1.165, 1.54) is 0 Å². The second-order valence-corrected chi connectivity index (χ2v) is 3.85. The van der Waals surface area contributed by atoms with Gasteiger partial charge in [0.1, 0.15) is 0 Å². The summed E-state index contributed by atoms with van der Waals surface area (Å²) >= 11 is 0. The molecule has 11 heteroatoms. The largest absolute Gasteiger partial charge is 0.381 e. The van der Waals surface area contributed by atoms with E-state index in [4.69, 9.17) is 0 Å². The van der Waals surface area contributed by atoms with Crippen molar-refractivity contribution in [1.29, 1.82) is 0 Å². The lowest BCUT2D eigenvalue weighted by Gasteiger charge is -1.95. The van der Waals surface area contributed by atoms with Crippen LogP contribution in [0.25, 0.3) is 0 Å². The molecule has 1 N–H and O–H groups in total. The molecule has 0 unspecified atom stereocenters. The molecule has 0 saturated heterocycles. The number of halogens is 2. The van der Waals surface area contributed by atoms with Gasteiger partial charge in [-0.15, -0.1) is 0 Å². The van der Waals surface area contributed by atoms with Gasteiger partial charge in [0, 0.05) is 0 Å². The molecule has 0 aromatic heterocycles. The third-order valence-electron chi connectivity index (χ3n) is 0.370. The molecule has 0 radical (unpaired) electrons. The molecule has 0 aromatic rings. The van der Waals surface area contributed by atoms with Crippen LogP contribution in [-0.2, 0) is 29.4 Å². The molecule has 0 heterocycles. The van der Waals surface area contributed by atoms with Crippen molar-refractivity contribution in [1.82, 2.24) is 4.13 Å². The first-order valence-electron chi connectivity index (χ1n) is 1.72. The fraction of sp³-hybridized carbons (Fsp3) is 0. The minimum Gasteiger partial charge on any atom is -0.178 e. The van der Waals surface area contributed by atoms with Crippen LogP contribution in [0.4, 0.5) is 9.05 Å². The average Bonchev–Trinajstić information content (AvgIpc) is 1.86. The molecule has 0 aliphatic rings. The Morgan fingerprint density at radius 1 is 0.909 bits per heavy atom. The maximum Gasteiger partial charge on any atom is 0.381 e. The maximum absolute atomic E-state index is 10.8. The molecule has 0 rings (SSSR count). The van der Waals surface area contributed by atoms with Crippen molar-refractivity contribution in [2.75, 3.05) is 0 Å². The molecule has 0 saturated carbocycles. The van der Waals surface area contributed by atoms with Crippen LogP contribution in [0.2, 0.25) is 0 Å². The summed E-state index contributed by atoms with van der Waals surface area (Å²) in [6, 6.07) is 0. The Hall–Kier alpha value is -0.360. The van der Waals surface area contributed by atoms with Crippen LogP contribution >= 0.6 is 0 Å². The van der Waals surface area contributed by atoms with Gasteiger partial charge in [-0.05, 0) is 17.8 Å². The molecule has 0 bridgehead atoms. The van der Waals surface area contributed by atoms with Crippen molar-refractivity contribution >= 4 is 20.6 Å². The van der Waals surface area contributed by atoms with E-state index in [1.54, 1.807) is 0 Å². The van der Waals surface area contributed by atoms with Crippen LogP contribution in [0.15, 0.2) is 0 Å². The van der Waals surface area contributed by atoms with Gasteiger partial charge in [0.25, 0.3) is 0 Å². The molecule has 0 aromatic carbocycles. The Labute approximate surface area is 60.2 Å². The third kappa shape index (κ3) is 4.15. The van der Waals surface area contributed by atoms with Crippen molar-refractivity contribution < 1.29 is 34.7 Å². The number of hydrogen-bond donors (Lipinski definition) is 1. The molecular weight excluding hydrogens is 212 g/mol. The summed E-state index contributed by atoms with van der Waals surface area (Å²) in [6.07, 6.45) is 0. The van der Waals surface area contributed by atoms with Gasteiger partial charge in [-0.3, -0.25) is 0 Å². The van der Waals surface area contributed by atoms with E-state index in [0.29, 0.717) is 4.13 Å². The lowest BCUT2D eigenvalue weighted by Crippen LogP contribution is -2.30. The molecule has 0 aliphatic heterocycles. The highest BCUT2D eigenvalue weighted by Crippen LogP contribution is 1.94. The second-order valence-electron chi connectivity index (χ2n) is 1.12. The Bertz CT molecular complexity index is 267. The van der Waals surface area contributed by atoms with E-state index < -0.39 is 20.6 Å². The highest BCUT2D eigenvalue weighted by atomic mass is 32.3. The minimum atomic E-state index is -5.16. The summed E-state index contributed by atoms with van der Waals surface area (Å²) in [4.78, 5) is 0. The number of hydrogen-bond acceptors (Lipinski definition) is 6. The molecule has 0 fully saturated rings. The van der Waals surface area contributed by atoms with Crippen LogP contribution in [0.1, 0.15) is 0 Å². The van der Waals surface area contributed by atoms with E-state index in [1.807, 2.05) is 0 Å². The summed E-state index contributed by atoms with van der Waals surface area (Å²) in [6.45, 7) is 0. The van der Waals surface area contributed by atoms with Crippen LogP contribution in [0.3, 0.4) is 0 Å². The quantitative estimate of drug-likeness (QED) is 0.634. The summed E-state index contributed by atoms with van der Waals surface area (Å²) in [5.74, 6) is 0. The molecule has 0 aliphatic carbocycles. The lowest BCUT2D eigenvalue weighted by atomic mass is 13.9. The summed E-state index contributed by atoms with van der Waals surface area (Å²) < 4.78 is 65.7. The van der Waals surface area contributed by atoms with Crippen LogP contribution in [-0.4, -0.2) is 16.8 Å². The maximum atomic E-state index is 10.8. The molecule has 0 atom stereocenters. The van der Waals surface area contributed by atoms with Crippen LogP contribution in [0, 0.1) is 0 Å². The minimum absolute atomic E-state index is 0.382. The van der Waals surface area contributed by atoms with Gasteiger partial charge in [0.05, 0.1) is 0 Å². The lowest BCUT2D eigenvalue weighted by molar-refractivity contribution is -0.00555. The zero-order chi connectivity index (χ0) is 9.12. The Morgan fingerprint density at radius 2 is 1.18 bits per heavy atom. The van der Waals surface area contributed by atoms with Crippen molar-refractivity contribution in [3.05, 3.63) is 0 Å². The SMILES string of the molecule is O=S(=O)(NS(=O)(=O)OF)OF. The molecular formula is HF2NO6S2. The smallest absolute Gasteiger partial charge is 0.178 e. The number of rotatable bonds is 4. The van der Waals surface area contributed by atoms with Crippen molar-refractivity contribution in [3.8, 4) is 0 Å². The fourth-order valence-electron chi connectivity index (χ4n) is 0.151. The first kappa shape index (κ1) is 10.6. The van der Waals surface area contributed by atoms with Crippen molar-refractivity contribution in [2.45, 2.75) is 0 Å². The molecule has 11 heavy (non-hydrogen) atoms. The summed E-state index contributed by atoms with van der Waals surface area (Å²) in [7, 11) is -10.3. The van der Waals surface area contributed by atoms with Crippen molar-refractivity contribution in [3.63, 3.8) is 0 Å². The molecule has 68 valence electrons. The van der Waals surface area contributed by atoms with E-state index in [2.05, 4.69) is 8.78 Å². The molecule has 7 nitrogen and oxygen atoms in total. The standard InChI is InChI=1S/F2HNO6S2/c1-8-10(4,5)3-11(6,7)9-2/h3H.